The molecule has 0 atom stereocenters. The third-order valence-corrected chi connectivity index (χ3v) is 3.98. The standard InChI is InChI=1S/C20H22N2O4/c1-13-6-5-7-14(2)19(13)22(15(3)23)12-18(24)21-17-10-8-16(9-11-17)20(25)26-4/h5-11H,12H2,1-4H3,(H,21,24). The van der Waals surface area contributed by atoms with Crippen molar-refractivity contribution in [1.82, 2.24) is 0 Å². The predicted octanol–water partition coefficient (Wildman–Crippen LogP) is 3.08. The van der Waals surface area contributed by atoms with Crippen molar-refractivity contribution in [2.45, 2.75) is 20.8 Å². The minimum absolute atomic E-state index is 0.0974. The molecule has 2 rings (SSSR count). The summed E-state index contributed by atoms with van der Waals surface area (Å²) in [4.78, 5) is 37.4. The van der Waals surface area contributed by atoms with Crippen LogP contribution in [-0.2, 0) is 14.3 Å². The molecule has 0 aliphatic heterocycles. The van der Waals surface area contributed by atoms with Gasteiger partial charge in [-0.2, -0.15) is 0 Å². The number of benzene rings is 2. The number of amides is 2. The van der Waals surface area contributed by atoms with Crippen molar-refractivity contribution in [2.24, 2.45) is 0 Å². The molecule has 0 fully saturated rings. The smallest absolute Gasteiger partial charge is 0.337 e. The van der Waals surface area contributed by atoms with Crippen LogP contribution in [0.1, 0.15) is 28.4 Å². The van der Waals surface area contributed by atoms with Crippen molar-refractivity contribution in [3.8, 4) is 0 Å². The summed E-state index contributed by atoms with van der Waals surface area (Å²) < 4.78 is 4.64. The normalized spacial score (nSPS) is 10.2. The first kappa shape index (κ1) is 19.2. The summed E-state index contributed by atoms with van der Waals surface area (Å²) in [5.74, 6) is -0.979. The summed E-state index contributed by atoms with van der Waals surface area (Å²) in [6.07, 6.45) is 0. The summed E-state index contributed by atoms with van der Waals surface area (Å²) in [6.45, 7) is 5.15. The second kappa shape index (κ2) is 8.29. The van der Waals surface area contributed by atoms with Gasteiger partial charge in [-0.1, -0.05) is 18.2 Å². The van der Waals surface area contributed by atoms with Crippen LogP contribution in [0.3, 0.4) is 0 Å². The molecule has 2 aromatic carbocycles. The second-order valence-corrected chi connectivity index (χ2v) is 5.96. The van der Waals surface area contributed by atoms with Gasteiger partial charge in [-0.3, -0.25) is 9.59 Å². The van der Waals surface area contributed by atoms with Crippen LogP contribution in [0, 0.1) is 13.8 Å². The SMILES string of the molecule is COC(=O)c1ccc(NC(=O)CN(C(C)=O)c2c(C)cccc2C)cc1. The van der Waals surface area contributed by atoms with Crippen LogP contribution in [0.4, 0.5) is 11.4 Å². The third kappa shape index (κ3) is 4.47. The molecule has 1 N–H and O–H groups in total. The average molecular weight is 354 g/mol. The van der Waals surface area contributed by atoms with Gasteiger partial charge in [0.15, 0.2) is 0 Å². The van der Waals surface area contributed by atoms with Crippen LogP contribution in [0.25, 0.3) is 0 Å². The van der Waals surface area contributed by atoms with Crippen molar-refractivity contribution in [3.63, 3.8) is 0 Å². The first-order chi connectivity index (χ1) is 12.3. The van der Waals surface area contributed by atoms with Gasteiger partial charge in [-0.15, -0.1) is 0 Å². The van der Waals surface area contributed by atoms with Crippen molar-refractivity contribution in [2.75, 3.05) is 23.9 Å². The molecule has 0 bridgehead atoms. The van der Waals surface area contributed by atoms with E-state index in [1.807, 2.05) is 32.0 Å². The number of carbonyl (C=O) groups is 3. The third-order valence-electron chi connectivity index (χ3n) is 3.98. The molecular formula is C20H22N2O4. The van der Waals surface area contributed by atoms with E-state index in [0.717, 1.165) is 16.8 Å². The fraction of sp³-hybridized carbons (Fsp3) is 0.250. The van der Waals surface area contributed by atoms with Gasteiger partial charge in [-0.25, -0.2) is 4.79 Å². The van der Waals surface area contributed by atoms with Crippen molar-refractivity contribution < 1.29 is 19.1 Å². The van der Waals surface area contributed by atoms with E-state index in [0.29, 0.717) is 11.3 Å². The number of aryl methyl sites for hydroxylation is 2. The van der Waals surface area contributed by atoms with Crippen LogP contribution in [0.5, 0.6) is 0 Å². The largest absolute Gasteiger partial charge is 0.465 e. The number of esters is 1. The van der Waals surface area contributed by atoms with Crippen LogP contribution >= 0.6 is 0 Å². The number of para-hydroxylation sites is 1. The molecule has 136 valence electrons. The minimum atomic E-state index is -0.444. The number of nitrogens with one attached hydrogen (secondary N) is 1. The van der Waals surface area contributed by atoms with Gasteiger partial charge >= 0.3 is 5.97 Å². The predicted molar refractivity (Wildman–Crippen MR) is 100 cm³/mol. The Labute approximate surface area is 152 Å². The highest BCUT2D eigenvalue weighted by Gasteiger charge is 2.19. The Bertz CT molecular complexity index is 808. The van der Waals surface area contributed by atoms with Gasteiger partial charge in [0, 0.05) is 12.6 Å². The highest BCUT2D eigenvalue weighted by atomic mass is 16.5. The Kier molecular flexibility index (Phi) is 6.11. The molecule has 0 spiro atoms. The Balaban J connectivity index is 2.14. The molecule has 0 unspecified atom stereocenters. The van der Waals surface area contributed by atoms with Gasteiger partial charge < -0.3 is 15.0 Å². The van der Waals surface area contributed by atoms with Crippen molar-refractivity contribution in [3.05, 3.63) is 59.2 Å². The van der Waals surface area contributed by atoms with Gasteiger partial charge in [0.2, 0.25) is 11.8 Å². The lowest BCUT2D eigenvalue weighted by Crippen LogP contribution is -2.37. The summed E-state index contributed by atoms with van der Waals surface area (Å²) in [6, 6.07) is 12.1. The summed E-state index contributed by atoms with van der Waals surface area (Å²) in [5.41, 5.74) is 3.53. The van der Waals surface area contributed by atoms with E-state index in [1.54, 1.807) is 24.3 Å². The number of methoxy groups -OCH3 is 1. The van der Waals surface area contributed by atoms with Crippen molar-refractivity contribution in [1.29, 1.82) is 0 Å². The zero-order valence-corrected chi connectivity index (χ0v) is 15.3. The van der Waals surface area contributed by atoms with Gasteiger partial charge in [0.25, 0.3) is 0 Å². The van der Waals surface area contributed by atoms with Crippen molar-refractivity contribution >= 4 is 29.2 Å². The molecule has 0 heterocycles. The maximum Gasteiger partial charge on any atom is 0.337 e. The minimum Gasteiger partial charge on any atom is -0.465 e. The highest BCUT2D eigenvalue weighted by molar-refractivity contribution is 6.02. The quantitative estimate of drug-likeness (QED) is 0.837. The molecule has 6 nitrogen and oxygen atoms in total. The molecule has 0 radical (unpaired) electrons. The second-order valence-electron chi connectivity index (χ2n) is 5.96. The fourth-order valence-electron chi connectivity index (χ4n) is 2.73. The monoisotopic (exact) mass is 354 g/mol. The number of hydrogen-bond acceptors (Lipinski definition) is 4. The molecule has 0 saturated carbocycles. The first-order valence-corrected chi connectivity index (χ1v) is 8.16. The molecule has 0 aliphatic carbocycles. The Morgan fingerprint density at radius 3 is 2.08 bits per heavy atom. The van der Waals surface area contributed by atoms with E-state index in [4.69, 9.17) is 0 Å². The molecule has 0 aliphatic rings. The number of anilines is 2. The van der Waals surface area contributed by atoms with Crippen LogP contribution in [0.15, 0.2) is 42.5 Å². The first-order valence-electron chi connectivity index (χ1n) is 8.16. The molecular weight excluding hydrogens is 332 g/mol. The van der Waals surface area contributed by atoms with E-state index in [2.05, 4.69) is 10.1 Å². The molecule has 2 aromatic rings. The summed E-state index contributed by atoms with van der Waals surface area (Å²) in [5, 5.41) is 2.74. The number of nitrogens with zero attached hydrogens (tertiary/aromatic N) is 1. The van der Waals surface area contributed by atoms with Gasteiger partial charge in [0.05, 0.1) is 18.4 Å². The molecule has 0 aromatic heterocycles. The zero-order chi connectivity index (χ0) is 19.3. The van der Waals surface area contributed by atoms with E-state index in [9.17, 15) is 14.4 Å². The maximum atomic E-state index is 12.4. The van der Waals surface area contributed by atoms with Crippen LogP contribution in [-0.4, -0.2) is 31.4 Å². The van der Waals surface area contributed by atoms with Crippen LogP contribution < -0.4 is 10.2 Å². The Morgan fingerprint density at radius 2 is 1.58 bits per heavy atom. The molecule has 6 heteroatoms. The highest BCUT2D eigenvalue weighted by Crippen LogP contribution is 2.24. The maximum absolute atomic E-state index is 12.4. The number of hydrogen-bond donors (Lipinski definition) is 1. The van der Waals surface area contributed by atoms with E-state index < -0.39 is 5.97 Å². The number of ether oxygens (including phenoxy) is 1. The molecule has 0 saturated heterocycles. The molecule has 26 heavy (non-hydrogen) atoms. The van der Waals surface area contributed by atoms with E-state index in [-0.39, 0.29) is 18.4 Å². The van der Waals surface area contributed by atoms with E-state index in [1.165, 1.54) is 18.9 Å². The fourth-order valence-corrected chi connectivity index (χ4v) is 2.73. The zero-order valence-electron chi connectivity index (χ0n) is 15.3. The lowest BCUT2D eigenvalue weighted by molar-refractivity contribution is -0.120. The van der Waals surface area contributed by atoms with E-state index >= 15 is 0 Å². The van der Waals surface area contributed by atoms with Gasteiger partial charge in [0.1, 0.15) is 6.54 Å². The number of carbonyl (C=O) groups excluding carboxylic acids is 3. The Morgan fingerprint density at radius 1 is 1.00 bits per heavy atom. The number of rotatable bonds is 5. The topological polar surface area (TPSA) is 75.7 Å². The lowest BCUT2D eigenvalue weighted by atomic mass is 10.1. The lowest BCUT2D eigenvalue weighted by Gasteiger charge is -2.24. The van der Waals surface area contributed by atoms with Gasteiger partial charge in [-0.05, 0) is 49.2 Å². The summed E-state index contributed by atoms with van der Waals surface area (Å²) >= 11 is 0. The molecule has 2 amide bonds. The average Bonchev–Trinajstić information content (AvgIpc) is 2.60. The summed E-state index contributed by atoms with van der Waals surface area (Å²) in [7, 11) is 1.31. The Hall–Kier alpha value is -3.15. The van der Waals surface area contributed by atoms with Crippen LogP contribution in [0.2, 0.25) is 0 Å².